The van der Waals surface area contributed by atoms with Crippen LogP contribution in [0.4, 0.5) is 4.39 Å². The number of aldehydes is 1. The molecule has 0 fully saturated rings. The molecule has 2 rings (SSSR count). The predicted molar refractivity (Wildman–Crippen MR) is 95.5 cm³/mol. The molecule has 0 unspecified atom stereocenters. The molecule has 0 saturated heterocycles. The Morgan fingerprint density at radius 1 is 1.38 bits per heavy atom. The van der Waals surface area contributed by atoms with Gasteiger partial charge in [-0.25, -0.2) is 9.18 Å². The lowest BCUT2D eigenvalue weighted by Crippen LogP contribution is -2.11. The van der Waals surface area contributed by atoms with Gasteiger partial charge in [-0.3, -0.25) is 9.78 Å². The molecule has 2 aromatic rings. The van der Waals surface area contributed by atoms with Crippen LogP contribution < -0.4 is 0 Å². The minimum atomic E-state index is -0.500. The molecule has 6 heteroatoms. The molecule has 5 nitrogen and oxygen atoms in total. The van der Waals surface area contributed by atoms with Crippen LogP contribution in [0.3, 0.4) is 0 Å². The maximum atomic E-state index is 13.1. The predicted octanol–water partition coefficient (Wildman–Crippen LogP) is 4.20. The number of halogens is 1. The largest absolute Gasteiger partial charge is 0.462 e. The van der Waals surface area contributed by atoms with E-state index in [2.05, 4.69) is 4.98 Å². The number of hydrogen-bond donors (Lipinski definition) is 0. The number of benzene rings is 1. The van der Waals surface area contributed by atoms with Crippen LogP contribution in [-0.2, 0) is 4.74 Å². The molecule has 0 aliphatic carbocycles. The van der Waals surface area contributed by atoms with Crippen molar-refractivity contribution in [2.45, 2.75) is 33.6 Å². The van der Waals surface area contributed by atoms with E-state index < -0.39 is 5.97 Å². The summed E-state index contributed by atoms with van der Waals surface area (Å²) in [5, 5.41) is 8.47. The number of hydrogen-bond acceptors (Lipinski definition) is 5. The van der Waals surface area contributed by atoms with E-state index in [9.17, 15) is 14.0 Å². The number of aromatic nitrogens is 1. The average Bonchev–Trinajstić information content (AvgIpc) is 2.61. The van der Waals surface area contributed by atoms with E-state index in [1.165, 1.54) is 18.3 Å². The summed E-state index contributed by atoms with van der Waals surface area (Å²) >= 11 is 0. The summed E-state index contributed by atoms with van der Waals surface area (Å²) in [6.07, 6.45) is 2.11. The number of esters is 1. The van der Waals surface area contributed by atoms with Gasteiger partial charge in [0.1, 0.15) is 5.82 Å². The Kier molecular flexibility index (Phi) is 8.10. The van der Waals surface area contributed by atoms with Gasteiger partial charge in [-0.1, -0.05) is 19.9 Å². The summed E-state index contributed by atoms with van der Waals surface area (Å²) < 4.78 is 18.0. The molecular formula is C20H21FN2O3. The maximum Gasteiger partial charge on any atom is 0.340 e. The van der Waals surface area contributed by atoms with Gasteiger partial charge in [-0.05, 0) is 43.5 Å². The number of ether oxygens (including phenoxy) is 1. The highest BCUT2D eigenvalue weighted by Crippen LogP contribution is 2.18. The van der Waals surface area contributed by atoms with E-state index >= 15 is 0 Å². The Morgan fingerprint density at radius 2 is 2.08 bits per heavy atom. The second-order valence-corrected chi connectivity index (χ2v) is 5.70. The van der Waals surface area contributed by atoms with Gasteiger partial charge < -0.3 is 4.74 Å². The Balaban J connectivity index is 0.000000263. The molecule has 0 radical (unpaired) electrons. The molecule has 0 aliphatic rings. The first-order valence-corrected chi connectivity index (χ1v) is 8.13. The highest BCUT2D eigenvalue weighted by atomic mass is 19.1. The SMILES string of the molecule is CC(C)c1ccc(C#N)cc1F.CCOC(=O)c1c(C=O)ccnc1C. The molecule has 0 aliphatic heterocycles. The van der Waals surface area contributed by atoms with Crippen LogP contribution in [0, 0.1) is 24.1 Å². The quantitative estimate of drug-likeness (QED) is 0.606. The van der Waals surface area contributed by atoms with E-state index in [1.807, 2.05) is 19.9 Å². The van der Waals surface area contributed by atoms with E-state index in [0.717, 1.165) is 0 Å². The Hall–Kier alpha value is -3.07. The lowest BCUT2D eigenvalue weighted by atomic mass is 10.0. The van der Waals surface area contributed by atoms with Crippen molar-refractivity contribution in [3.63, 3.8) is 0 Å². The molecule has 0 N–H and O–H groups in total. The molecular weight excluding hydrogens is 335 g/mol. The maximum absolute atomic E-state index is 13.1. The Labute approximate surface area is 152 Å². The van der Waals surface area contributed by atoms with Crippen molar-refractivity contribution in [3.8, 4) is 6.07 Å². The minimum absolute atomic E-state index is 0.165. The topological polar surface area (TPSA) is 80.0 Å². The third-order valence-electron chi connectivity index (χ3n) is 3.53. The second-order valence-electron chi connectivity index (χ2n) is 5.70. The zero-order valence-corrected chi connectivity index (χ0v) is 15.2. The van der Waals surface area contributed by atoms with E-state index in [4.69, 9.17) is 10.00 Å². The molecule has 0 spiro atoms. The van der Waals surface area contributed by atoms with Crippen molar-refractivity contribution < 1.29 is 18.7 Å². The van der Waals surface area contributed by atoms with Crippen molar-refractivity contribution in [2.75, 3.05) is 6.61 Å². The van der Waals surface area contributed by atoms with Gasteiger partial charge in [0.25, 0.3) is 0 Å². The first kappa shape index (κ1) is 21.0. The summed E-state index contributed by atoms with van der Waals surface area (Å²) in [5.41, 5.74) is 2.11. The van der Waals surface area contributed by atoms with Gasteiger partial charge in [-0.2, -0.15) is 5.26 Å². The van der Waals surface area contributed by atoms with E-state index in [0.29, 0.717) is 28.7 Å². The number of nitrogens with zero attached hydrogens (tertiary/aromatic N) is 2. The first-order chi connectivity index (χ1) is 12.3. The van der Waals surface area contributed by atoms with Gasteiger partial charge in [-0.15, -0.1) is 0 Å². The number of rotatable bonds is 4. The molecule has 0 bridgehead atoms. The molecule has 26 heavy (non-hydrogen) atoms. The molecule has 0 saturated carbocycles. The van der Waals surface area contributed by atoms with E-state index in [-0.39, 0.29) is 23.9 Å². The highest BCUT2D eigenvalue weighted by Gasteiger charge is 2.15. The van der Waals surface area contributed by atoms with Crippen LogP contribution in [0.15, 0.2) is 30.5 Å². The molecule has 1 heterocycles. The summed E-state index contributed by atoms with van der Waals surface area (Å²) in [6, 6.07) is 7.96. The third-order valence-corrected chi connectivity index (χ3v) is 3.53. The molecule has 1 aromatic carbocycles. The van der Waals surface area contributed by atoms with Gasteiger partial charge >= 0.3 is 5.97 Å². The van der Waals surface area contributed by atoms with Crippen LogP contribution in [0.5, 0.6) is 0 Å². The lowest BCUT2D eigenvalue weighted by molar-refractivity contribution is 0.0522. The van der Waals surface area contributed by atoms with Crippen LogP contribution in [0.1, 0.15) is 64.2 Å². The molecule has 0 atom stereocenters. The fraction of sp³-hybridized carbons (Fsp3) is 0.300. The summed E-state index contributed by atoms with van der Waals surface area (Å²) in [6.45, 7) is 7.50. The monoisotopic (exact) mass is 356 g/mol. The van der Waals surface area contributed by atoms with Gasteiger partial charge in [0.05, 0.1) is 29.5 Å². The van der Waals surface area contributed by atoms with Crippen molar-refractivity contribution in [2.24, 2.45) is 0 Å². The van der Waals surface area contributed by atoms with E-state index in [1.54, 1.807) is 26.0 Å². The van der Waals surface area contributed by atoms with Crippen LogP contribution in [0.2, 0.25) is 0 Å². The standard InChI is InChI=1S/C10H10FN.C10H11NO3/c1-7(2)9-4-3-8(6-12)5-10(9)11;1-3-14-10(13)9-7(2)11-5-4-8(9)6-12/h3-5,7H,1-2H3;4-6H,3H2,1-2H3. The molecule has 0 amide bonds. The Morgan fingerprint density at radius 3 is 2.58 bits per heavy atom. The van der Waals surface area contributed by atoms with Gasteiger partial charge in [0.15, 0.2) is 6.29 Å². The van der Waals surface area contributed by atoms with Crippen LogP contribution in [-0.4, -0.2) is 23.8 Å². The molecule has 1 aromatic heterocycles. The van der Waals surface area contributed by atoms with Crippen LogP contribution >= 0.6 is 0 Å². The zero-order valence-electron chi connectivity index (χ0n) is 15.2. The normalized spacial score (nSPS) is 9.73. The fourth-order valence-corrected chi connectivity index (χ4v) is 2.22. The van der Waals surface area contributed by atoms with Crippen LogP contribution in [0.25, 0.3) is 0 Å². The number of nitriles is 1. The van der Waals surface area contributed by atoms with Gasteiger partial charge in [0.2, 0.25) is 0 Å². The average molecular weight is 356 g/mol. The summed E-state index contributed by atoms with van der Waals surface area (Å²) in [5.74, 6) is -0.623. The lowest BCUT2D eigenvalue weighted by Gasteiger charge is -2.06. The van der Waals surface area contributed by atoms with Crippen molar-refractivity contribution in [1.29, 1.82) is 5.26 Å². The fourth-order valence-electron chi connectivity index (χ4n) is 2.22. The van der Waals surface area contributed by atoms with Gasteiger partial charge in [0, 0.05) is 11.8 Å². The highest BCUT2D eigenvalue weighted by molar-refractivity contribution is 5.99. The van der Waals surface area contributed by atoms with Crippen molar-refractivity contribution >= 4 is 12.3 Å². The number of carbonyl (C=O) groups is 2. The first-order valence-electron chi connectivity index (χ1n) is 8.13. The van der Waals surface area contributed by atoms with Crippen molar-refractivity contribution in [3.05, 3.63) is 64.2 Å². The minimum Gasteiger partial charge on any atom is -0.462 e. The molecule has 136 valence electrons. The second kappa shape index (κ2) is 10.0. The Bertz CT molecular complexity index is 826. The number of carbonyl (C=O) groups excluding carboxylic acids is 2. The third kappa shape index (κ3) is 5.49. The zero-order chi connectivity index (χ0) is 19.7. The summed E-state index contributed by atoms with van der Waals surface area (Å²) in [4.78, 5) is 26.0. The summed E-state index contributed by atoms with van der Waals surface area (Å²) in [7, 11) is 0. The smallest absolute Gasteiger partial charge is 0.340 e. The number of aryl methyl sites for hydroxylation is 1. The number of pyridine rings is 1. The van der Waals surface area contributed by atoms with Crippen molar-refractivity contribution in [1.82, 2.24) is 4.98 Å².